The number of carbonyl (C=O) groups excluding carboxylic acids is 1. The molecule has 0 radical (unpaired) electrons. The van der Waals surface area contributed by atoms with Crippen molar-refractivity contribution in [2.45, 2.75) is 0 Å². The molecule has 0 saturated carbocycles. The average molecular weight is 440 g/mol. The molecule has 0 bridgehead atoms. The zero-order chi connectivity index (χ0) is 16.2. The van der Waals surface area contributed by atoms with Gasteiger partial charge in [0.2, 0.25) is 0 Å². The van der Waals surface area contributed by atoms with Crippen LogP contribution in [0.4, 0.5) is 16.3 Å². The smallest absolute Gasteiger partial charge is 0.321 e. The van der Waals surface area contributed by atoms with E-state index in [0.717, 1.165) is 33.5 Å². The minimum Gasteiger partial charge on any atom is -0.353 e. The van der Waals surface area contributed by atoms with Crippen molar-refractivity contribution in [2.24, 2.45) is 0 Å². The molecule has 3 rings (SSSR count). The van der Waals surface area contributed by atoms with Gasteiger partial charge in [0.15, 0.2) is 0 Å². The predicted octanol–water partition coefficient (Wildman–Crippen LogP) is 3.96. The molecule has 0 spiro atoms. The number of piperazine rings is 1. The number of aromatic nitrogens is 1. The van der Waals surface area contributed by atoms with Crippen LogP contribution in [-0.4, -0.2) is 42.1 Å². The Kier molecular flexibility index (Phi) is 5.17. The van der Waals surface area contributed by atoms with E-state index in [1.54, 1.807) is 6.20 Å². The molecular weight excluding hydrogens is 424 g/mol. The molecule has 1 N–H and O–H groups in total. The molecule has 1 aliphatic rings. The van der Waals surface area contributed by atoms with Crippen LogP contribution < -0.4 is 10.2 Å². The maximum Gasteiger partial charge on any atom is 0.321 e. The van der Waals surface area contributed by atoms with Crippen molar-refractivity contribution in [2.75, 3.05) is 36.4 Å². The zero-order valence-electron chi connectivity index (χ0n) is 12.4. The molecule has 1 aliphatic heterocycles. The lowest BCUT2D eigenvalue weighted by Crippen LogP contribution is -2.50. The highest BCUT2D eigenvalue weighted by atomic mass is 79.9. The van der Waals surface area contributed by atoms with Crippen molar-refractivity contribution < 1.29 is 4.79 Å². The van der Waals surface area contributed by atoms with Crippen LogP contribution in [0.15, 0.2) is 51.5 Å². The Morgan fingerprint density at radius 1 is 1.09 bits per heavy atom. The highest BCUT2D eigenvalue weighted by molar-refractivity contribution is 9.11. The van der Waals surface area contributed by atoms with E-state index < -0.39 is 0 Å². The summed E-state index contributed by atoms with van der Waals surface area (Å²) in [5.74, 6) is 0.961. The summed E-state index contributed by atoms with van der Waals surface area (Å²) >= 11 is 6.86. The van der Waals surface area contributed by atoms with Crippen LogP contribution in [0.25, 0.3) is 0 Å². The summed E-state index contributed by atoms with van der Waals surface area (Å²) in [4.78, 5) is 20.8. The van der Waals surface area contributed by atoms with Gasteiger partial charge in [-0.2, -0.15) is 0 Å². The lowest BCUT2D eigenvalue weighted by molar-refractivity contribution is 0.208. The summed E-state index contributed by atoms with van der Waals surface area (Å²) < 4.78 is 1.82. The zero-order valence-corrected chi connectivity index (χ0v) is 15.5. The number of carbonyl (C=O) groups is 1. The Morgan fingerprint density at radius 3 is 2.52 bits per heavy atom. The van der Waals surface area contributed by atoms with Crippen molar-refractivity contribution in [3.8, 4) is 0 Å². The Bertz CT molecular complexity index is 688. The Balaban J connectivity index is 1.58. The second-order valence-electron chi connectivity index (χ2n) is 5.22. The van der Waals surface area contributed by atoms with E-state index >= 15 is 0 Å². The molecule has 23 heavy (non-hydrogen) atoms. The van der Waals surface area contributed by atoms with E-state index in [1.807, 2.05) is 41.3 Å². The maximum absolute atomic E-state index is 12.4. The van der Waals surface area contributed by atoms with Crippen LogP contribution in [-0.2, 0) is 0 Å². The van der Waals surface area contributed by atoms with Crippen LogP contribution in [0.1, 0.15) is 0 Å². The fourth-order valence-corrected chi connectivity index (χ4v) is 3.61. The van der Waals surface area contributed by atoms with Crippen LogP contribution in [0.5, 0.6) is 0 Å². The molecule has 1 saturated heterocycles. The lowest BCUT2D eigenvalue weighted by atomic mass is 10.3. The predicted molar refractivity (Wildman–Crippen MR) is 98.9 cm³/mol. The van der Waals surface area contributed by atoms with Crippen molar-refractivity contribution in [1.82, 2.24) is 9.88 Å². The third-order valence-electron chi connectivity index (χ3n) is 3.71. The molecule has 2 aromatic rings. The van der Waals surface area contributed by atoms with Gasteiger partial charge in [-0.05, 0) is 46.3 Å². The van der Waals surface area contributed by atoms with Gasteiger partial charge in [-0.15, -0.1) is 0 Å². The first-order valence-electron chi connectivity index (χ1n) is 7.30. The molecule has 2 amide bonds. The molecular formula is C16H16Br2N4O. The van der Waals surface area contributed by atoms with E-state index in [9.17, 15) is 4.79 Å². The van der Waals surface area contributed by atoms with Gasteiger partial charge in [0, 0.05) is 41.3 Å². The standard InChI is InChI=1S/C16H16Br2N4O/c17-12-4-5-14(13(18)11-12)20-16(23)22-9-7-21(8-10-22)15-3-1-2-6-19-15/h1-6,11H,7-10H2,(H,20,23). The van der Waals surface area contributed by atoms with E-state index in [-0.39, 0.29) is 6.03 Å². The Morgan fingerprint density at radius 2 is 1.87 bits per heavy atom. The van der Waals surface area contributed by atoms with Gasteiger partial charge in [-0.1, -0.05) is 22.0 Å². The Labute approximate surface area is 151 Å². The van der Waals surface area contributed by atoms with Crippen LogP contribution in [0.2, 0.25) is 0 Å². The topological polar surface area (TPSA) is 48.5 Å². The maximum atomic E-state index is 12.4. The second-order valence-corrected chi connectivity index (χ2v) is 6.99. The monoisotopic (exact) mass is 438 g/mol. The van der Waals surface area contributed by atoms with Gasteiger partial charge < -0.3 is 15.1 Å². The Hall–Kier alpha value is -1.60. The first kappa shape index (κ1) is 16.3. The van der Waals surface area contributed by atoms with Crippen molar-refractivity contribution in [3.05, 3.63) is 51.5 Å². The first-order valence-corrected chi connectivity index (χ1v) is 8.89. The number of urea groups is 1. The van der Waals surface area contributed by atoms with Gasteiger partial charge in [-0.3, -0.25) is 0 Å². The summed E-state index contributed by atoms with van der Waals surface area (Å²) in [7, 11) is 0. The number of benzene rings is 1. The minimum atomic E-state index is -0.0753. The molecule has 1 aromatic heterocycles. The van der Waals surface area contributed by atoms with Gasteiger partial charge in [0.25, 0.3) is 0 Å². The highest BCUT2D eigenvalue weighted by Gasteiger charge is 2.22. The molecule has 0 aliphatic carbocycles. The number of nitrogens with one attached hydrogen (secondary N) is 1. The first-order chi connectivity index (χ1) is 11.1. The molecule has 0 atom stereocenters. The third-order valence-corrected chi connectivity index (χ3v) is 4.86. The van der Waals surface area contributed by atoms with Gasteiger partial charge in [-0.25, -0.2) is 9.78 Å². The summed E-state index contributed by atoms with van der Waals surface area (Å²) in [6.07, 6.45) is 1.79. The largest absolute Gasteiger partial charge is 0.353 e. The number of nitrogens with zero attached hydrogens (tertiary/aromatic N) is 3. The SMILES string of the molecule is O=C(Nc1ccc(Br)cc1Br)N1CCN(c2ccccn2)CC1. The summed E-state index contributed by atoms with van der Waals surface area (Å²) in [6.45, 7) is 2.92. The van der Waals surface area contributed by atoms with E-state index in [2.05, 4.69) is 47.1 Å². The number of hydrogen-bond acceptors (Lipinski definition) is 3. The fraction of sp³-hybridized carbons (Fsp3) is 0.250. The second kappa shape index (κ2) is 7.31. The quantitative estimate of drug-likeness (QED) is 0.770. The summed E-state index contributed by atoms with van der Waals surface area (Å²) in [5.41, 5.74) is 0.769. The van der Waals surface area contributed by atoms with Crippen molar-refractivity contribution in [1.29, 1.82) is 0 Å². The van der Waals surface area contributed by atoms with E-state index in [0.29, 0.717) is 13.1 Å². The molecule has 1 fully saturated rings. The number of pyridine rings is 1. The molecule has 0 unspecified atom stereocenters. The van der Waals surface area contributed by atoms with E-state index in [4.69, 9.17) is 0 Å². The third kappa shape index (κ3) is 4.03. The molecule has 7 heteroatoms. The van der Waals surface area contributed by atoms with Crippen LogP contribution in [0, 0.1) is 0 Å². The summed E-state index contributed by atoms with van der Waals surface area (Å²) in [6, 6.07) is 11.5. The van der Waals surface area contributed by atoms with Crippen molar-refractivity contribution >= 4 is 49.4 Å². The number of hydrogen-bond donors (Lipinski definition) is 1. The number of halogens is 2. The highest BCUT2D eigenvalue weighted by Crippen LogP contribution is 2.26. The number of anilines is 2. The van der Waals surface area contributed by atoms with E-state index in [1.165, 1.54) is 0 Å². The average Bonchev–Trinajstić information content (AvgIpc) is 2.58. The van der Waals surface area contributed by atoms with Crippen LogP contribution >= 0.6 is 31.9 Å². The van der Waals surface area contributed by atoms with Crippen molar-refractivity contribution in [3.63, 3.8) is 0 Å². The molecule has 5 nitrogen and oxygen atoms in total. The number of rotatable bonds is 2. The molecule has 2 heterocycles. The molecule has 1 aromatic carbocycles. The minimum absolute atomic E-state index is 0.0753. The fourth-order valence-electron chi connectivity index (χ4n) is 2.46. The van der Waals surface area contributed by atoms with Crippen LogP contribution in [0.3, 0.4) is 0 Å². The summed E-state index contributed by atoms with van der Waals surface area (Å²) in [5, 5.41) is 2.95. The molecule has 120 valence electrons. The van der Waals surface area contributed by atoms with Gasteiger partial charge >= 0.3 is 6.03 Å². The number of amides is 2. The van der Waals surface area contributed by atoms with Gasteiger partial charge in [0.1, 0.15) is 5.82 Å². The van der Waals surface area contributed by atoms with Gasteiger partial charge in [0.05, 0.1) is 5.69 Å². The lowest BCUT2D eigenvalue weighted by Gasteiger charge is -2.35. The normalized spacial score (nSPS) is 14.7.